The molecule has 0 aliphatic carbocycles. The van der Waals surface area contributed by atoms with Crippen LogP contribution >= 0.6 is 7.75 Å². The number of fused-ring (bicyclic) bond motifs is 1. The number of rotatable bonds is 8. The average Bonchev–Trinajstić information content (AvgIpc) is 3.15. The molecule has 3 heterocycles. The van der Waals surface area contributed by atoms with Gasteiger partial charge in [0.15, 0.2) is 23.2 Å². The molecule has 0 bridgehead atoms. The standard InChI is InChI=1S/C15H24N5O7P/c1-4-25-28(24,26-5-2)19-12-10-13(17-7-16-12)20(8-18-10)14-15(3,23)11(22)9(6-21)27-14/h7-9,11,14,21-23H,4-6H2,1-3H3,(H,16,17,19,24)/t9-,11-,14-,15-/m1/s1. The van der Waals surface area contributed by atoms with Gasteiger partial charge in [-0.1, -0.05) is 0 Å². The van der Waals surface area contributed by atoms with Crippen molar-refractivity contribution >= 4 is 24.7 Å². The number of imidazole rings is 1. The maximum atomic E-state index is 12.7. The maximum Gasteiger partial charge on any atom is 0.433 e. The third kappa shape index (κ3) is 3.64. The molecule has 4 atom stereocenters. The molecular formula is C15H24N5O7P. The van der Waals surface area contributed by atoms with Crippen molar-refractivity contribution in [3.8, 4) is 0 Å². The number of hydrogen-bond donors (Lipinski definition) is 4. The molecule has 3 rings (SSSR count). The topological polar surface area (TPSA) is 161 Å². The van der Waals surface area contributed by atoms with Crippen LogP contribution in [0.4, 0.5) is 5.82 Å². The number of aliphatic hydroxyl groups excluding tert-OH is 2. The smallest absolute Gasteiger partial charge is 0.394 e. The second-order valence-corrected chi connectivity index (χ2v) is 8.11. The molecule has 0 unspecified atom stereocenters. The van der Waals surface area contributed by atoms with Crippen LogP contribution in [0.1, 0.15) is 27.0 Å². The van der Waals surface area contributed by atoms with Crippen LogP contribution in [-0.4, -0.2) is 72.5 Å². The van der Waals surface area contributed by atoms with Crippen molar-refractivity contribution in [3.05, 3.63) is 12.7 Å². The Morgan fingerprint density at radius 1 is 1.32 bits per heavy atom. The number of aliphatic hydroxyl groups is 3. The van der Waals surface area contributed by atoms with Gasteiger partial charge in [0.25, 0.3) is 0 Å². The number of aromatic nitrogens is 4. The van der Waals surface area contributed by atoms with Gasteiger partial charge in [0, 0.05) is 0 Å². The van der Waals surface area contributed by atoms with Crippen LogP contribution in [-0.2, 0) is 18.3 Å². The minimum absolute atomic E-state index is 0.117. The quantitative estimate of drug-likeness (QED) is 0.441. The van der Waals surface area contributed by atoms with E-state index >= 15 is 0 Å². The lowest BCUT2D eigenvalue weighted by molar-refractivity contribution is -0.0950. The fourth-order valence-corrected chi connectivity index (χ4v) is 4.37. The lowest BCUT2D eigenvalue weighted by atomic mass is 9.96. The van der Waals surface area contributed by atoms with E-state index < -0.39 is 38.4 Å². The Morgan fingerprint density at radius 2 is 2.00 bits per heavy atom. The van der Waals surface area contributed by atoms with Gasteiger partial charge < -0.3 is 20.1 Å². The van der Waals surface area contributed by atoms with Crippen molar-refractivity contribution in [2.24, 2.45) is 0 Å². The van der Waals surface area contributed by atoms with E-state index in [0.717, 1.165) is 0 Å². The number of anilines is 1. The summed E-state index contributed by atoms with van der Waals surface area (Å²) in [6.45, 7) is 4.61. The zero-order chi connectivity index (χ0) is 20.5. The summed E-state index contributed by atoms with van der Waals surface area (Å²) in [5.41, 5.74) is -1.21. The van der Waals surface area contributed by atoms with Crippen LogP contribution in [0, 0.1) is 0 Å². The molecule has 1 aliphatic rings. The van der Waals surface area contributed by atoms with Gasteiger partial charge in [-0.15, -0.1) is 0 Å². The van der Waals surface area contributed by atoms with E-state index in [1.165, 1.54) is 24.1 Å². The first-order chi connectivity index (χ1) is 13.3. The molecule has 0 saturated carbocycles. The normalized spacial score (nSPS) is 28.1. The molecule has 1 aliphatic heterocycles. The predicted molar refractivity (Wildman–Crippen MR) is 97.4 cm³/mol. The van der Waals surface area contributed by atoms with Crippen molar-refractivity contribution < 1.29 is 33.7 Å². The number of nitrogens with one attached hydrogen (secondary N) is 1. The number of ether oxygens (including phenoxy) is 1. The van der Waals surface area contributed by atoms with Crippen molar-refractivity contribution in [2.75, 3.05) is 24.9 Å². The van der Waals surface area contributed by atoms with Crippen molar-refractivity contribution in [3.63, 3.8) is 0 Å². The van der Waals surface area contributed by atoms with Crippen LogP contribution in [0.5, 0.6) is 0 Å². The SMILES string of the molecule is CCOP(=O)(Nc1ncnc2c1ncn2[C@@H]1O[C@H](CO)[C@@H](O)[C@@]1(C)O)OCC. The van der Waals surface area contributed by atoms with Gasteiger partial charge in [0.1, 0.15) is 24.1 Å². The Kier molecular flexibility index (Phi) is 6.01. The monoisotopic (exact) mass is 417 g/mol. The molecular weight excluding hydrogens is 393 g/mol. The maximum absolute atomic E-state index is 12.7. The van der Waals surface area contributed by atoms with E-state index in [2.05, 4.69) is 20.0 Å². The summed E-state index contributed by atoms with van der Waals surface area (Å²) in [5.74, 6) is 0.117. The zero-order valence-corrected chi connectivity index (χ0v) is 16.6. The molecule has 28 heavy (non-hydrogen) atoms. The van der Waals surface area contributed by atoms with Gasteiger partial charge in [0.2, 0.25) is 0 Å². The summed E-state index contributed by atoms with van der Waals surface area (Å²) in [7, 11) is -3.66. The highest BCUT2D eigenvalue weighted by molar-refractivity contribution is 7.55. The first-order valence-electron chi connectivity index (χ1n) is 8.79. The van der Waals surface area contributed by atoms with Gasteiger partial charge >= 0.3 is 7.75 Å². The van der Waals surface area contributed by atoms with Gasteiger partial charge in [-0.25, -0.2) is 19.5 Å². The van der Waals surface area contributed by atoms with Crippen molar-refractivity contribution in [1.29, 1.82) is 0 Å². The summed E-state index contributed by atoms with van der Waals surface area (Å²) < 4.78 is 30.2. The highest BCUT2D eigenvalue weighted by Gasteiger charge is 2.53. The van der Waals surface area contributed by atoms with Crippen molar-refractivity contribution in [2.45, 2.75) is 44.8 Å². The third-order valence-corrected chi connectivity index (χ3v) is 6.07. The fourth-order valence-electron chi connectivity index (χ4n) is 3.07. The van der Waals surface area contributed by atoms with Crippen LogP contribution < -0.4 is 5.09 Å². The highest BCUT2D eigenvalue weighted by atomic mass is 31.2. The summed E-state index contributed by atoms with van der Waals surface area (Å²) in [6, 6.07) is 0. The molecule has 1 fully saturated rings. The Bertz CT molecular complexity index is 866. The molecule has 12 nitrogen and oxygen atoms in total. The molecule has 2 aromatic rings. The Hall–Kier alpha value is -1.66. The lowest BCUT2D eigenvalue weighted by Gasteiger charge is -2.27. The Labute approximate surface area is 161 Å². The number of nitrogens with zero attached hydrogens (tertiary/aromatic N) is 4. The summed E-state index contributed by atoms with van der Waals surface area (Å²) in [6.07, 6.45) is -0.765. The summed E-state index contributed by atoms with van der Waals surface area (Å²) >= 11 is 0. The van der Waals surface area contributed by atoms with Crippen LogP contribution in [0.15, 0.2) is 12.7 Å². The zero-order valence-electron chi connectivity index (χ0n) is 15.7. The molecule has 0 spiro atoms. The summed E-state index contributed by atoms with van der Waals surface area (Å²) in [5, 5.41) is 32.9. The van der Waals surface area contributed by atoms with Crippen LogP contribution in [0.25, 0.3) is 11.2 Å². The van der Waals surface area contributed by atoms with Crippen molar-refractivity contribution in [1.82, 2.24) is 19.5 Å². The molecule has 1 saturated heterocycles. The molecule has 0 amide bonds. The first kappa shape index (κ1) is 21.1. The minimum atomic E-state index is -3.66. The molecule has 2 aromatic heterocycles. The predicted octanol–water partition coefficient (Wildman–Crippen LogP) is 0.421. The minimum Gasteiger partial charge on any atom is -0.394 e. The molecule has 0 radical (unpaired) electrons. The second-order valence-electron chi connectivity index (χ2n) is 6.37. The van der Waals surface area contributed by atoms with E-state index in [1.54, 1.807) is 13.8 Å². The molecule has 13 heteroatoms. The Morgan fingerprint density at radius 3 is 2.57 bits per heavy atom. The Balaban J connectivity index is 1.99. The fraction of sp³-hybridized carbons (Fsp3) is 0.667. The van der Waals surface area contributed by atoms with E-state index in [9.17, 15) is 19.9 Å². The van der Waals surface area contributed by atoms with Gasteiger partial charge in [-0.2, -0.15) is 0 Å². The lowest BCUT2D eigenvalue weighted by Crippen LogP contribution is -2.44. The van der Waals surface area contributed by atoms with Gasteiger partial charge in [-0.3, -0.25) is 18.7 Å². The van der Waals surface area contributed by atoms with E-state index in [-0.39, 0.29) is 30.2 Å². The first-order valence-corrected chi connectivity index (χ1v) is 10.3. The highest BCUT2D eigenvalue weighted by Crippen LogP contribution is 2.48. The van der Waals surface area contributed by atoms with E-state index in [1.807, 2.05) is 0 Å². The summed E-state index contributed by atoms with van der Waals surface area (Å²) in [4.78, 5) is 12.4. The van der Waals surface area contributed by atoms with Crippen LogP contribution in [0.2, 0.25) is 0 Å². The molecule has 156 valence electrons. The molecule has 4 N–H and O–H groups in total. The third-order valence-electron chi connectivity index (χ3n) is 4.39. The van der Waals surface area contributed by atoms with Gasteiger partial charge in [-0.05, 0) is 20.8 Å². The second kappa shape index (κ2) is 7.99. The van der Waals surface area contributed by atoms with E-state index in [4.69, 9.17) is 13.8 Å². The number of hydrogen-bond acceptors (Lipinski definition) is 10. The average molecular weight is 417 g/mol. The van der Waals surface area contributed by atoms with Crippen LogP contribution in [0.3, 0.4) is 0 Å². The van der Waals surface area contributed by atoms with Gasteiger partial charge in [0.05, 0.1) is 26.1 Å². The van der Waals surface area contributed by atoms with E-state index in [0.29, 0.717) is 0 Å². The largest absolute Gasteiger partial charge is 0.433 e. The molecule has 0 aromatic carbocycles.